The molecule has 0 spiro atoms. The Labute approximate surface area is 138 Å². The van der Waals surface area contributed by atoms with E-state index in [0.717, 1.165) is 36.9 Å². The molecule has 0 atom stereocenters. The van der Waals surface area contributed by atoms with Crippen LogP contribution in [0.2, 0.25) is 0 Å². The Morgan fingerprint density at radius 1 is 1.25 bits per heavy atom. The number of rotatable bonds is 4. The van der Waals surface area contributed by atoms with E-state index >= 15 is 0 Å². The summed E-state index contributed by atoms with van der Waals surface area (Å²) in [5, 5.41) is 11.3. The van der Waals surface area contributed by atoms with Crippen LogP contribution in [0.4, 0.5) is 5.69 Å². The fourth-order valence-electron chi connectivity index (χ4n) is 2.83. The van der Waals surface area contributed by atoms with Gasteiger partial charge >= 0.3 is 5.69 Å². The van der Waals surface area contributed by atoms with Crippen LogP contribution < -0.4 is 4.74 Å². The maximum absolute atomic E-state index is 11.4. The van der Waals surface area contributed by atoms with Gasteiger partial charge in [-0.15, -0.1) is 0 Å². The van der Waals surface area contributed by atoms with Gasteiger partial charge in [-0.3, -0.25) is 14.9 Å². The summed E-state index contributed by atoms with van der Waals surface area (Å²) in [6, 6.07) is 4.20. The van der Waals surface area contributed by atoms with Crippen LogP contribution in [-0.4, -0.2) is 20.7 Å². The van der Waals surface area contributed by atoms with E-state index in [2.05, 4.69) is 9.97 Å². The topological polar surface area (TPSA) is 95.2 Å². The van der Waals surface area contributed by atoms with Crippen molar-refractivity contribution >= 4 is 11.5 Å². The van der Waals surface area contributed by atoms with E-state index < -0.39 is 4.92 Å². The number of nitrogens with zero attached hydrogens (tertiary/aromatic N) is 3. The largest absolute Gasteiger partial charge is 0.431 e. The van der Waals surface area contributed by atoms with Gasteiger partial charge in [-0.1, -0.05) is 0 Å². The second-order valence-corrected chi connectivity index (χ2v) is 5.81. The molecule has 0 saturated carbocycles. The van der Waals surface area contributed by atoms with Crippen molar-refractivity contribution in [3.8, 4) is 11.6 Å². The van der Waals surface area contributed by atoms with E-state index in [0.29, 0.717) is 11.7 Å². The summed E-state index contributed by atoms with van der Waals surface area (Å²) in [6.07, 6.45) is 3.74. The van der Waals surface area contributed by atoms with Crippen molar-refractivity contribution in [3.63, 3.8) is 0 Å². The Morgan fingerprint density at radius 3 is 2.71 bits per heavy atom. The van der Waals surface area contributed by atoms with Gasteiger partial charge in [0, 0.05) is 17.2 Å². The highest BCUT2D eigenvalue weighted by molar-refractivity contribution is 5.95. The number of Topliss-reactive ketones (excluding diaryl/α,β-unsaturated/α-hetero) is 1. The van der Waals surface area contributed by atoms with E-state index in [1.54, 1.807) is 6.92 Å². The molecular weight excluding hydrogens is 310 g/mol. The Kier molecular flexibility index (Phi) is 4.24. The lowest BCUT2D eigenvalue weighted by Gasteiger charge is -2.18. The molecule has 24 heavy (non-hydrogen) atoms. The molecule has 7 heteroatoms. The summed E-state index contributed by atoms with van der Waals surface area (Å²) >= 11 is 0. The minimum Gasteiger partial charge on any atom is -0.431 e. The molecule has 2 aromatic rings. The summed E-state index contributed by atoms with van der Waals surface area (Å²) in [7, 11) is 0. The number of carbonyl (C=O) groups excluding carboxylic acids is 1. The zero-order valence-corrected chi connectivity index (χ0v) is 13.5. The molecule has 0 aliphatic heterocycles. The fraction of sp³-hybridized carbons (Fsp3) is 0.353. The zero-order chi connectivity index (χ0) is 17.3. The molecule has 1 heterocycles. The minimum absolute atomic E-state index is 0.0795. The van der Waals surface area contributed by atoms with Crippen LogP contribution in [0.5, 0.6) is 11.6 Å². The minimum atomic E-state index is -0.553. The van der Waals surface area contributed by atoms with Crippen LogP contribution in [0.3, 0.4) is 0 Å². The van der Waals surface area contributed by atoms with Crippen molar-refractivity contribution in [2.24, 2.45) is 0 Å². The zero-order valence-electron chi connectivity index (χ0n) is 13.5. The molecule has 0 amide bonds. The molecule has 1 aliphatic rings. The van der Waals surface area contributed by atoms with E-state index in [9.17, 15) is 14.9 Å². The molecule has 0 unspecified atom stereocenters. The van der Waals surface area contributed by atoms with Gasteiger partial charge in [-0.05, 0) is 51.7 Å². The SMILES string of the molecule is CC(=O)c1ccc(Oc2nc(C)nc3c2CCCC3)c([N+](=O)[O-])c1. The molecule has 0 N–H and O–H groups in total. The molecular formula is C17H17N3O4. The molecule has 1 aliphatic carbocycles. The van der Waals surface area contributed by atoms with Gasteiger partial charge in [-0.2, -0.15) is 4.98 Å². The first-order chi connectivity index (χ1) is 11.5. The number of aryl methyl sites for hydroxylation is 2. The first-order valence-corrected chi connectivity index (χ1v) is 7.79. The quantitative estimate of drug-likeness (QED) is 0.484. The number of hydrogen-bond acceptors (Lipinski definition) is 6. The summed E-state index contributed by atoms with van der Waals surface area (Å²) < 4.78 is 5.78. The van der Waals surface area contributed by atoms with Gasteiger partial charge in [0.1, 0.15) is 5.82 Å². The lowest BCUT2D eigenvalue weighted by molar-refractivity contribution is -0.385. The third-order valence-corrected chi connectivity index (χ3v) is 4.03. The van der Waals surface area contributed by atoms with Gasteiger partial charge in [0.25, 0.3) is 0 Å². The first-order valence-electron chi connectivity index (χ1n) is 7.79. The number of nitro benzene ring substituents is 1. The number of aromatic nitrogens is 2. The van der Waals surface area contributed by atoms with Crippen LogP contribution in [0, 0.1) is 17.0 Å². The molecule has 0 radical (unpaired) electrons. The third kappa shape index (κ3) is 3.10. The molecule has 1 aromatic heterocycles. The highest BCUT2D eigenvalue weighted by Gasteiger charge is 2.23. The van der Waals surface area contributed by atoms with Crippen molar-refractivity contribution in [1.82, 2.24) is 9.97 Å². The average molecular weight is 327 g/mol. The third-order valence-electron chi connectivity index (χ3n) is 4.03. The van der Waals surface area contributed by atoms with E-state index in [1.807, 2.05) is 0 Å². The van der Waals surface area contributed by atoms with Crippen molar-refractivity contribution in [2.45, 2.75) is 39.5 Å². The number of nitro groups is 1. The number of carbonyl (C=O) groups is 1. The highest BCUT2D eigenvalue weighted by Crippen LogP contribution is 2.35. The standard InChI is InChI=1S/C17H17N3O4/c1-10(21)12-7-8-16(15(9-12)20(22)23)24-17-13-5-3-4-6-14(13)18-11(2)19-17/h7-9H,3-6H2,1-2H3. The van der Waals surface area contributed by atoms with Gasteiger partial charge in [0.15, 0.2) is 5.78 Å². The van der Waals surface area contributed by atoms with Crippen LogP contribution in [0.15, 0.2) is 18.2 Å². The van der Waals surface area contributed by atoms with Gasteiger partial charge in [-0.25, -0.2) is 4.98 Å². The molecule has 0 bridgehead atoms. The van der Waals surface area contributed by atoms with Crippen LogP contribution in [-0.2, 0) is 12.8 Å². The Bertz CT molecular complexity index is 833. The summed E-state index contributed by atoms with van der Waals surface area (Å²) in [5.74, 6) is 0.792. The number of ketones is 1. The first kappa shape index (κ1) is 16.0. The molecule has 0 fully saturated rings. The maximum atomic E-state index is 11.4. The van der Waals surface area contributed by atoms with Crippen molar-refractivity contribution < 1.29 is 14.5 Å². The fourth-order valence-corrected chi connectivity index (χ4v) is 2.83. The van der Waals surface area contributed by atoms with Crippen LogP contribution in [0.1, 0.15) is 47.2 Å². The van der Waals surface area contributed by atoms with Gasteiger partial charge in [0.2, 0.25) is 11.6 Å². The molecule has 0 saturated heterocycles. The van der Waals surface area contributed by atoms with E-state index in [1.165, 1.54) is 25.1 Å². The summed E-state index contributed by atoms with van der Waals surface area (Å²) in [4.78, 5) is 31.0. The number of fused-ring (bicyclic) bond motifs is 1. The molecule has 124 valence electrons. The predicted molar refractivity (Wildman–Crippen MR) is 86.6 cm³/mol. The van der Waals surface area contributed by atoms with E-state index in [-0.39, 0.29) is 22.8 Å². The van der Waals surface area contributed by atoms with Crippen molar-refractivity contribution in [3.05, 3.63) is 51.0 Å². The van der Waals surface area contributed by atoms with Crippen LogP contribution in [0.25, 0.3) is 0 Å². The average Bonchev–Trinajstić information content (AvgIpc) is 2.54. The lowest BCUT2D eigenvalue weighted by atomic mass is 9.97. The van der Waals surface area contributed by atoms with E-state index in [4.69, 9.17) is 4.74 Å². The number of benzene rings is 1. The maximum Gasteiger partial charge on any atom is 0.312 e. The van der Waals surface area contributed by atoms with Crippen molar-refractivity contribution in [1.29, 1.82) is 0 Å². The van der Waals surface area contributed by atoms with Crippen LogP contribution >= 0.6 is 0 Å². The number of hydrogen-bond donors (Lipinski definition) is 0. The monoisotopic (exact) mass is 327 g/mol. The second kappa shape index (κ2) is 6.35. The van der Waals surface area contributed by atoms with Gasteiger partial charge in [0.05, 0.1) is 10.6 Å². The summed E-state index contributed by atoms with van der Waals surface area (Å²) in [5.41, 5.74) is 1.89. The Hall–Kier alpha value is -2.83. The lowest BCUT2D eigenvalue weighted by Crippen LogP contribution is -2.10. The normalized spacial score (nSPS) is 13.2. The second-order valence-electron chi connectivity index (χ2n) is 5.81. The number of ether oxygens (including phenoxy) is 1. The predicted octanol–water partition coefficient (Wildman–Crippen LogP) is 3.57. The summed E-state index contributed by atoms with van der Waals surface area (Å²) in [6.45, 7) is 3.14. The molecule has 7 nitrogen and oxygen atoms in total. The molecule has 1 aromatic carbocycles. The van der Waals surface area contributed by atoms with Gasteiger partial charge < -0.3 is 4.74 Å². The molecule has 3 rings (SSSR count). The Morgan fingerprint density at radius 2 is 2.00 bits per heavy atom. The highest BCUT2D eigenvalue weighted by atomic mass is 16.6. The smallest absolute Gasteiger partial charge is 0.312 e. The van der Waals surface area contributed by atoms with Crippen molar-refractivity contribution in [2.75, 3.05) is 0 Å². The Balaban J connectivity index is 2.04.